The van der Waals surface area contributed by atoms with Gasteiger partial charge in [-0.25, -0.2) is 4.68 Å². The topological polar surface area (TPSA) is 72.9 Å². The highest BCUT2D eigenvalue weighted by Crippen LogP contribution is 2.07. The molecule has 0 saturated heterocycles. The van der Waals surface area contributed by atoms with E-state index in [2.05, 4.69) is 10.4 Å². The Bertz CT molecular complexity index is 554. The molecule has 5 heteroatoms. The van der Waals surface area contributed by atoms with Gasteiger partial charge in [0.05, 0.1) is 17.4 Å². The molecule has 0 radical (unpaired) electrons. The van der Waals surface area contributed by atoms with Crippen LogP contribution >= 0.6 is 0 Å². The second-order valence-electron chi connectivity index (χ2n) is 5.03. The number of carbonyl (C=O) groups excluding carboxylic acids is 1. The fourth-order valence-corrected chi connectivity index (χ4v) is 1.58. The third-order valence-electron chi connectivity index (χ3n) is 2.70. The average Bonchev–Trinajstić information content (AvgIpc) is 2.84. The molecule has 1 amide bonds. The lowest BCUT2D eigenvalue weighted by Gasteiger charge is -2.17. The van der Waals surface area contributed by atoms with Crippen molar-refractivity contribution in [1.29, 1.82) is 0 Å². The summed E-state index contributed by atoms with van der Waals surface area (Å²) in [5.41, 5.74) is 6.76. The smallest absolute Gasteiger partial charge is 0.239 e. The molecule has 0 aliphatic carbocycles. The van der Waals surface area contributed by atoms with Gasteiger partial charge in [0.25, 0.3) is 0 Å². The molecule has 0 unspecified atom stereocenters. The number of nitrogens with zero attached hydrogens (tertiary/aromatic N) is 2. The maximum absolute atomic E-state index is 11.7. The van der Waals surface area contributed by atoms with Gasteiger partial charge in [-0.1, -0.05) is 18.2 Å². The summed E-state index contributed by atoms with van der Waals surface area (Å²) in [6, 6.07) is 9.80. The predicted octanol–water partition coefficient (Wildman–Crippen LogP) is 1.23. The number of nitrogens with one attached hydrogen (secondary N) is 1. The van der Waals surface area contributed by atoms with Gasteiger partial charge in [0.1, 0.15) is 0 Å². The molecule has 100 valence electrons. The number of carbonyl (C=O) groups is 1. The van der Waals surface area contributed by atoms with E-state index in [0.717, 1.165) is 11.3 Å². The highest BCUT2D eigenvalue weighted by Gasteiger charge is 2.21. The van der Waals surface area contributed by atoms with Gasteiger partial charge in [0, 0.05) is 18.3 Å². The monoisotopic (exact) mass is 258 g/mol. The lowest BCUT2D eigenvalue weighted by Crippen LogP contribution is -2.48. The molecule has 1 aromatic carbocycles. The fourth-order valence-electron chi connectivity index (χ4n) is 1.58. The first kappa shape index (κ1) is 13.3. The molecule has 5 nitrogen and oxygen atoms in total. The fraction of sp³-hybridized carbons (Fsp3) is 0.286. The summed E-state index contributed by atoms with van der Waals surface area (Å²) in [6.45, 7) is 3.78. The Morgan fingerprint density at radius 2 is 2.05 bits per heavy atom. The minimum Gasteiger partial charge on any atom is -0.350 e. The van der Waals surface area contributed by atoms with E-state index in [1.807, 2.05) is 36.5 Å². The van der Waals surface area contributed by atoms with Gasteiger partial charge >= 0.3 is 0 Å². The maximum Gasteiger partial charge on any atom is 0.239 e. The van der Waals surface area contributed by atoms with Gasteiger partial charge in [-0.2, -0.15) is 5.10 Å². The molecule has 2 aromatic rings. The summed E-state index contributed by atoms with van der Waals surface area (Å²) in [5.74, 6) is -0.181. The molecule has 1 heterocycles. The lowest BCUT2D eigenvalue weighted by atomic mass is 10.1. The van der Waals surface area contributed by atoms with Crippen molar-refractivity contribution in [3.63, 3.8) is 0 Å². The van der Waals surface area contributed by atoms with Gasteiger partial charge < -0.3 is 11.1 Å². The van der Waals surface area contributed by atoms with Gasteiger partial charge in [-0.15, -0.1) is 0 Å². The molecule has 0 bridgehead atoms. The first-order chi connectivity index (χ1) is 8.97. The van der Waals surface area contributed by atoms with Gasteiger partial charge in [-0.3, -0.25) is 4.79 Å². The maximum atomic E-state index is 11.7. The largest absolute Gasteiger partial charge is 0.350 e. The van der Waals surface area contributed by atoms with E-state index in [0.29, 0.717) is 6.54 Å². The number of amides is 1. The molecule has 19 heavy (non-hydrogen) atoms. The van der Waals surface area contributed by atoms with Crippen molar-refractivity contribution in [3.05, 3.63) is 48.3 Å². The van der Waals surface area contributed by atoms with Gasteiger partial charge in [-0.05, 0) is 26.0 Å². The number of benzene rings is 1. The van der Waals surface area contributed by atoms with Crippen molar-refractivity contribution >= 4 is 5.91 Å². The van der Waals surface area contributed by atoms with E-state index in [4.69, 9.17) is 5.73 Å². The lowest BCUT2D eigenvalue weighted by molar-refractivity contribution is -0.125. The Labute approximate surface area is 112 Å². The van der Waals surface area contributed by atoms with Crippen molar-refractivity contribution in [1.82, 2.24) is 15.1 Å². The van der Waals surface area contributed by atoms with Crippen LogP contribution in [0.1, 0.15) is 19.4 Å². The number of hydrogen-bond acceptors (Lipinski definition) is 3. The minimum absolute atomic E-state index is 0.181. The number of hydrogen-bond donors (Lipinski definition) is 2. The Morgan fingerprint density at radius 3 is 2.68 bits per heavy atom. The molecule has 0 fully saturated rings. The van der Waals surface area contributed by atoms with E-state index in [9.17, 15) is 4.79 Å². The van der Waals surface area contributed by atoms with Crippen LogP contribution in [0.2, 0.25) is 0 Å². The molecule has 1 aromatic heterocycles. The molecular weight excluding hydrogens is 240 g/mol. The summed E-state index contributed by atoms with van der Waals surface area (Å²) >= 11 is 0. The molecule has 0 aliphatic heterocycles. The highest BCUT2D eigenvalue weighted by molar-refractivity contribution is 5.84. The standard InChI is InChI=1S/C14H18N4O/c1-14(2,15)13(19)16-8-11-9-17-18(10-11)12-6-4-3-5-7-12/h3-7,9-10H,8,15H2,1-2H3,(H,16,19). The third-order valence-corrected chi connectivity index (χ3v) is 2.70. The van der Waals surface area contributed by atoms with E-state index in [-0.39, 0.29) is 5.91 Å². The second kappa shape index (κ2) is 5.24. The zero-order valence-corrected chi connectivity index (χ0v) is 11.1. The van der Waals surface area contributed by atoms with Crippen LogP contribution in [0.3, 0.4) is 0 Å². The van der Waals surface area contributed by atoms with Crippen LogP contribution in [-0.4, -0.2) is 21.2 Å². The van der Waals surface area contributed by atoms with Crippen LogP contribution in [-0.2, 0) is 11.3 Å². The predicted molar refractivity (Wildman–Crippen MR) is 73.7 cm³/mol. The second-order valence-corrected chi connectivity index (χ2v) is 5.03. The average molecular weight is 258 g/mol. The van der Waals surface area contributed by atoms with E-state index in [1.54, 1.807) is 24.7 Å². The molecular formula is C14H18N4O. The van der Waals surface area contributed by atoms with Crippen molar-refractivity contribution in [2.75, 3.05) is 0 Å². The zero-order chi connectivity index (χ0) is 13.9. The van der Waals surface area contributed by atoms with Crippen molar-refractivity contribution in [2.24, 2.45) is 5.73 Å². The summed E-state index contributed by atoms with van der Waals surface area (Å²) in [4.78, 5) is 11.7. The van der Waals surface area contributed by atoms with E-state index < -0.39 is 5.54 Å². The highest BCUT2D eigenvalue weighted by atomic mass is 16.2. The van der Waals surface area contributed by atoms with Crippen molar-refractivity contribution in [3.8, 4) is 5.69 Å². The summed E-state index contributed by atoms with van der Waals surface area (Å²) in [7, 11) is 0. The normalized spacial score (nSPS) is 11.3. The molecule has 0 atom stereocenters. The Hall–Kier alpha value is -2.14. The van der Waals surface area contributed by atoms with E-state index in [1.165, 1.54) is 0 Å². The van der Waals surface area contributed by atoms with Crippen LogP contribution in [0.4, 0.5) is 0 Å². The molecule has 0 saturated carbocycles. The van der Waals surface area contributed by atoms with Crippen molar-refractivity contribution in [2.45, 2.75) is 25.9 Å². The number of aromatic nitrogens is 2. The molecule has 3 N–H and O–H groups in total. The van der Waals surface area contributed by atoms with Crippen molar-refractivity contribution < 1.29 is 4.79 Å². The first-order valence-corrected chi connectivity index (χ1v) is 6.13. The van der Waals surface area contributed by atoms with Gasteiger partial charge in [0.2, 0.25) is 5.91 Å². The van der Waals surface area contributed by atoms with Crippen LogP contribution < -0.4 is 11.1 Å². The molecule has 2 rings (SSSR count). The quantitative estimate of drug-likeness (QED) is 0.866. The Balaban J connectivity index is 2.01. The van der Waals surface area contributed by atoms with Crippen LogP contribution in [0.15, 0.2) is 42.7 Å². The Morgan fingerprint density at radius 1 is 1.37 bits per heavy atom. The number of nitrogens with two attached hydrogens (primary N) is 1. The summed E-state index contributed by atoms with van der Waals surface area (Å²) in [6.07, 6.45) is 3.62. The van der Waals surface area contributed by atoms with Crippen LogP contribution in [0.25, 0.3) is 5.69 Å². The SMILES string of the molecule is CC(C)(N)C(=O)NCc1cnn(-c2ccccc2)c1. The van der Waals surface area contributed by atoms with Crippen LogP contribution in [0.5, 0.6) is 0 Å². The summed E-state index contributed by atoms with van der Waals surface area (Å²) in [5, 5.41) is 7.05. The zero-order valence-electron chi connectivity index (χ0n) is 11.1. The number of para-hydroxylation sites is 1. The molecule has 0 aliphatic rings. The third kappa shape index (κ3) is 3.42. The Kier molecular flexibility index (Phi) is 3.66. The van der Waals surface area contributed by atoms with Crippen LogP contribution in [0, 0.1) is 0 Å². The first-order valence-electron chi connectivity index (χ1n) is 6.13. The number of rotatable bonds is 4. The minimum atomic E-state index is -0.866. The summed E-state index contributed by atoms with van der Waals surface area (Å²) < 4.78 is 1.77. The van der Waals surface area contributed by atoms with Gasteiger partial charge in [0.15, 0.2) is 0 Å². The molecule has 0 spiro atoms. The van der Waals surface area contributed by atoms with E-state index >= 15 is 0 Å².